The second-order valence-corrected chi connectivity index (χ2v) is 7.16. The second-order valence-electron chi connectivity index (χ2n) is 7.16. The smallest absolute Gasteiger partial charge is 0.271 e. The highest BCUT2D eigenvalue weighted by atomic mass is 16.2. The second kappa shape index (κ2) is 5.73. The third kappa shape index (κ3) is 2.62. The number of amides is 1. The Kier molecular flexibility index (Phi) is 3.68. The molecule has 2 aliphatic rings. The van der Waals surface area contributed by atoms with E-state index >= 15 is 0 Å². The van der Waals surface area contributed by atoms with Crippen molar-refractivity contribution in [2.24, 2.45) is 0 Å². The van der Waals surface area contributed by atoms with Gasteiger partial charge in [0, 0.05) is 25.3 Å². The van der Waals surface area contributed by atoms with E-state index in [2.05, 4.69) is 24.2 Å². The van der Waals surface area contributed by atoms with E-state index < -0.39 is 0 Å². The van der Waals surface area contributed by atoms with Crippen LogP contribution in [0, 0.1) is 6.92 Å². The highest BCUT2D eigenvalue weighted by Crippen LogP contribution is 2.36. The number of fused-ring (bicyclic) bond motifs is 1. The minimum Gasteiger partial charge on any atom is -0.340 e. The van der Waals surface area contributed by atoms with Gasteiger partial charge in [-0.3, -0.25) is 4.79 Å². The molecule has 1 amide bonds. The molecule has 1 aliphatic heterocycles. The number of aromatic nitrogens is 4. The van der Waals surface area contributed by atoms with Crippen molar-refractivity contribution in [1.29, 1.82) is 0 Å². The maximum atomic E-state index is 13.3. The molecule has 2 aromatic heterocycles. The van der Waals surface area contributed by atoms with Crippen LogP contribution in [-0.4, -0.2) is 61.7 Å². The molecule has 1 atom stereocenters. The van der Waals surface area contributed by atoms with Crippen molar-refractivity contribution in [3.05, 3.63) is 35.7 Å². The lowest BCUT2D eigenvalue weighted by Crippen LogP contribution is -2.51. The van der Waals surface area contributed by atoms with Crippen molar-refractivity contribution >= 4 is 5.91 Å². The molecular formula is C17H24N6O. The molecule has 1 saturated carbocycles. The number of hydrogen-bond donors (Lipinski definition) is 0. The van der Waals surface area contributed by atoms with E-state index in [-0.39, 0.29) is 11.9 Å². The SMILES string of the molecule is Cc1nnc2n1CC(CN(C)C)N(C(=O)c1cccn1C1CC1)C2. The maximum absolute atomic E-state index is 13.3. The Balaban J connectivity index is 1.65. The van der Waals surface area contributed by atoms with Crippen molar-refractivity contribution < 1.29 is 4.79 Å². The summed E-state index contributed by atoms with van der Waals surface area (Å²) in [6.45, 7) is 4.07. The molecule has 2 aromatic rings. The van der Waals surface area contributed by atoms with Gasteiger partial charge in [-0.1, -0.05) is 0 Å². The normalized spacial score (nSPS) is 20.5. The minimum absolute atomic E-state index is 0.102. The fourth-order valence-electron chi connectivity index (χ4n) is 3.58. The molecule has 128 valence electrons. The van der Waals surface area contributed by atoms with Crippen LogP contribution < -0.4 is 0 Å². The molecular weight excluding hydrogens is 304 g/mol. The standard InChI is InChI=1S/C17H24N6O/c1-12-18-19-16-11-23(14(9-20(2)3)10-22(12)16)17(24)15-5-4-8-21(15)13-6-7-13/h4-5,8,13-14H,6-7,9-11H2,1-3H3. The third-order valence-corrected chi connectivity index (χ3v) is 4.93. The van der Waals surface area contributed by atoms with Crippen molar-refractivity contribution in [3.63, 3.8) is 0 Å². The average molecular weight is 328 g/mol. The topological polar surface area (TPSA) is 59.2 Å². The predicted octanol–water partition coefficient (Wildman–Crippen LogP) is 1.31. The summed E-state index contributed by atoms with van der Waals surface area (Å²) in [6.07, 6.45) is 4.37. The summed E-state index contributed by atoms with van der Waals surface area (Å²) in [5, 5.41) is 8.43. The lowest BCUT2D eigenvalue weighted by atomic mass is 10.1. The van der Waals surface area contributed by atoms with Crippen LogP contribution in [0.5, 0.6) is 0 Å². The zero-order valence-corrected chi connectivity index (χ0v) is 14.5. The Hall–Kier alpha value is -2.15. The number of rotatable bonds is 4. The van der Waals surface area contributed by atoms with E-state index in [9.17, 15) is 4.79 Å². The van der Waals surface area contributed by atoms with Gasteiger partial charge in [-0.25, -0.2) is 0 Å². The molecule has 0 aromatic carbocycles. The molecule has 0 radical (unpaired) electrons. The maximum Gasteiger partial charge on any atom is 0.271 e. The summed E-state index contributed by atoms with van der Waals surface area (Å²) < 4.78 is 4.28. The molecule has 0 spiro atoms. The summed E-state index contributed by atoms with van der Waals surface area (Å²) in [7, 11) is 4.09. The summed E-state index contributed by atoms with van der Waals surface area (Å²) in [6, 6.07) is 4.54. The molecule has 0 N–H and O–H groups in total. The Bertz CT molecular complexity index is 757. The monoisotopic (exact) mass is 328 g/mol. The molecule has 1 unspecified atom stereocenters. The van der Waals surface area contributed by atoms with Crippen LogP contribution in [0.15, 0.2) is 18.3 Å². The van der Waals surface area contributed by atoms with Gasteiger partial charge in [-0.2, -0.15) is 0 Å². The van der Waals surface area contributed by atoms with E-state index in [0.717, 1.165) is 30.4 Å². The van der Waals surface area contributed by atoms with Crippen LogP contribution in [0.1, 0.15) is 41.0 Å². The fourth-order valence-corrected chi connectivity index (χ4v) is 3.58. The molecule has 7 nitrogen and oxygen atoms in total. The molecule has 24 heavy (non-hydrogen) atoms. The molecule has 4 rings (SSSR count). The zero-order valence-electron chi connectivity index (χ0n) is 14.5. The van der Waals surface area contributed by atoms with Gasteiger partial charge in [0.1, 0.15) is 11.5 Å². The molecule has 0 bridgehead atoms. The van der Waals surface area contributed by atoms with Gasteiger partial charge < -0.3 is 18.9 Å². The highest BCUT2D eigenvalue weighted by Gasteiger charge is 2.35. The largest absolute Gasteiger partial charge is 0.340 e. The Morgan fingerprint density at radius 3 is 2.83 bits per heavy atom. The number of aryl methyl sites for hydroxylation is 1. The summed E-state index contributed by atoms with van der Waals surface area (Å²) >= 11 is 0. The van der Waals surface area contributed by atoms with Crippen molar-refractivity contribution in [2.75, 3.05) is 20.6 Å². The van der Waals surface area contributed by atoms with Gasteiger partial charge in [-0.15, -0.1) is 10.2 Å². The van der Waals surface area contributed by atoms with Crippen molar-refractivity contribution in [1.82, 2.24) is 29.1 Å². The number of nitrogens with zero attached hydrogens (tertiary/aromatic N) is 6. The van der Waals surface area contributed by atoms with E-state index in [0.29, 0.717) is 12.6 Å². The predicted molar refractivity (Wildman–Crippen MR) is 89.7 cm³/mol. The fraction of sp³-hybridized carbons (Fsp3) is 0.588. The van der Waals surface area contributed by atoms with E-state index in [1.807, 2.05) is 44.2 Å². The van der Waals surface area contributed by atoms with E-state index in [4.69, 9.17) is 0 Å². The van der Waals surface area contributed by atoms with Gasteiger partial charge in [0.05, 0.1) is 12.6 Å². The highest BCUT2D eigenvalue weighted by molar-refractivity contribution is 5.93. The lowest BCUT2D eigenvalue weighted by Gasteiger charge is -2.37. The first-order valence-electron chi connectivity index (χ1n) is 8.56. The Morgan fingerprint density at radius 1 is 1.33 bits per heavy atom. The first kappa shape index (κ1) is 15.4. The number of carbonyl (C=O) groups is 1. The van der Waals surface area contributed by atoms with Gasteiger partial charge >= 0.3 is 0 Å². The van der Waals surface area contributed by atoms with Crippen molar-refractivity contribution in [2.45, 2.75) is 44.9 Å². The zero-order chi connectivity index (χ0) is 16.8. The molecule has 1 fully saturated rings. The molecule has 3 heterocycles. The van der Waals surface area contributed by atoms with Crippen molar-refractivity contribution in [3.8, 4) is 0 Å². The quantitative estimate of drug-likeness (QED) is 0.849. The van der Waals surface area contributed by atoms with Crippen LogP contribution >= 0.6 is 0 Å². The lowest BCUT2D eigenvalue weighted by molar-refractivity contribution is 0.0532. The first-order valence-corrected chi connectivity index (χ1v) is 8.56. The number of likely N-dealkylation sites (N-methyl/N-ethyl adjacent to an activating group) is 1. The van der Waals surface area contributed by atoms with Gasteiger partial charge in [0.25, 0.3) is 5.91 Å². The van der Waals surface area contributed by atoms with Gasteiger partial charge in [0.15, 0.2) is 5.82 Å². The van der Waals surface area contributed by atoms with Gasteiger partial charge in [-0.05, 0) is 46.0 Å². The minimum atomic E-state index is 0.102. The van der Waals surface area contributed by atoms with Crippen LogP contribution in [-0.2, 0) is 13.1 Å². The first-order chi connectivity index (χ1) is 11.5. The number of hydrogen-bond acceptors (Lipinski definition) is 4. The summed E-state index contributed by atoms with van der Waals surface area (Å²) in [4.78, 5) is 17.4. The van der Waals surface area contributed by atoms with Crippen LogP contribution in [0.25, 0.3) is 0 Å². The van der Waals surface area contributed by atoms with Gasteiger partial charge in [0.2, 0.25) is 0 Å². The van der Waals surface area contributed by atoms with E-state index in [1.54, 1.807) is 0 Å². The van der Waals surface area contributed by atoms with Crippen LogP contribution in [0.4, 0.5) is 0 Å². The third-order valence-electron chi connectivity index (χ3n) is 4.93. The molecule has 0 saturated heterocycles. The average Bonchev–Trinajstić information content (AvgIpc) is 3.17. The Morgan fingerprint density at radius 2 is 2.12 bits per heavy atom. The van der Waals surface area contributed by atoms with Crippen LogP contribution in [0.3, 0.4) is 0 Å². The van der Waals surface area contributed by atoms with Crippen LogP contribution in [0.2, 0.25) is 0 Å². The molecule has 1 aliphatic carbocycles. The summed E-state index contributed by atoms with van der Waals surface area (Å²) in [5.74, 6) is 1.90. The Labute approximate surface area is 141 Å². The molecule has 7 heteroatoms. The summed E-state index contributed by atoms with van der Waals surface area (Å²) in [5.41, 5.74) is 0.797. The number of carbonyl (C=O) groups excluding carboxylic acids is 1. The van der Waals surface area contributed by atoms with E-state index in [1.165, 1.54) is 12.8 Å².